The first-order chi connectivity index (χ1) is 18.2. The third-order valence-corrected chi connectivity index (χ3v) is 9.51. The maximum absolute atomic E-state index is 6.33. The molecule has 4 unspecified atom stereocenters. The third kappa shape index (κ3) is 4.42. The molecule has 5 aliphatic rings. The number of nitrogens with one attached hydrogen (secondary N) is 1. The van der Waals surface area contributed by atoms with Gasteiger partial charge in [0.05, 0.1) is 11.8 Å². The van der Waals surface area contributed by atoms with Gasteiger partial charge in [0, 0.05) is 63.0 Å². The van der Waals surface area contributed by atoms with Crippen LogP contribution in [0, 0.1) is 0 Å². The van der Waals surface area contributed by atoms with Crippen LogP contribution in [0.2, 0.25) is 0 Å². The molecule has 3 fully saturated rings. The van der Waals surface area contributed by atoms with Crippen molar-refractivity contribution in [2.45, 2.75) is 75.3 Å². The number of rotatable bonds is 6. The standard InChI is InChI=1S/C29H40N6O2/c1-33-12-5-6-21(33)18-37-29-31-25-17-34(26-14-27(36-2)23-8-4-3-7-22(23)26)13-11-24(25)28(32-29)35-15-19-9-10-20(16-35)30-19/h3-4,7-8,19-21,26-27,30H,5-6,9-18H2,1-2H3/t19?,20?,21-,26?,27?/m0/s1. The van der Waals surface area contributed by atoms with Gasteiger partial charge in [0.1, 0.15) is 12.4 Å². The molecule has 8 heteroatoms. The van der Waals surface area contributed by atoms with Gasteiger partial charge in [-0.3, -0.25) is 4.90 Å². The Morgan fingerprint density at radius 3 is 2.59 bits per heavy atom. The molecule has 5 heterocycles. The van der Waals surface area contributed by atoms with Crippen LogP contribution < -0.4 is 15.0 Å². The van der Waals surface area contributed by atoms with E-state index in [4.69, 9.17) is 19.4 Å². The Hall–Kier alpha value is -2.26. The molecule has 1 aliphatic carbocycles. The van der Waals surface area contributed by atoms with Crippen LogP contribution >= 0.6 is 0 Å². The second-order valence-corrected chi connectivity index (χ2v) is 11.7. The summed E-state index contributed by atoms with van der Waals surface area (Å²) in [4.78, 5) is 17.7. The number of hydrogen-bond donors (Lipinski definition) is 1. The molecule has 3 saturated heterocycles. The minimum Gasteiger partial charge on any atom is -0.462 e. The highest BCUT2D eigenvalue weighted by atomic mass is 16.5. The van der Waals surface area contributed by atoms with E-state index in [-0.39, 0.29) is 6.10 Å². The van der Waals surface area contributed by atoms with E-state index in [1.807, 2.05) is 7.11 Å². The molecule has 1 aromatic heterocycles. The molecule has 0 saturated carbocycles. The fourth-order valence-corrected chi connectivity index (χ4v) is 7.46. The maximum Gasteiger partial charge on any atom is 0.318 e. The molecule has 4 aliphatic heterocycles. The highest BCUT2D eigenvalue weighted by Gasteiger charge is 2.39. The summed E-state index contributed by atoms with van der Waals surface area (Å²) >= 11 is 0. The second kappa shape index (κ2) is 9.80. The van der Waals surface area contributed by atoms with Gasteiger partial charge in [-0.15, -0.1) is 0 Å². The zero-order valence-electron chi connectivity index (χ0n) is 22.2. The normalized spacial score (nSPS) is 31.5. The molecule has 1 N–H and O–H groups in total. The monoisotopic (exact) mass is 504 g/mol. The van der Waals surface area contributed by atoms with Crippen molar-refractivity contribution in [2.75, 3.05) is 51.8 Å². The topological polar surface area (TPSA) is 66.0 Å². The summed E-state index contributed by atoms with van der Waals surface area (Å²) in [5.74, 6) is 1.12. The van der Waals surface area contributed by atoms with Gasteiger partial charge in [0.2, 0.25) is 0 Å². The van der Waals surface area contributed by atoms with Crippen molar-refractivity contribution in [2.24, 2.45) is 0 Å². The van der Waals surface area contributed by atoms with Crippen LogP contribution in [0.4, 0.5) is 5.82 Å². The van der Waals surface area contributed by atoms with E-state index >= 15 is 0 Å². The first kappa shape index (κ1) is 23.8. The highest BCUT2D eigenvalue weighted by Crippen LogP contribution is 2.45. The van der Waals surface area contributed by atoms with E-state index in [0.29, 0.717) is 36.8 Å². The number of likely N-dealkylation sites (tertiary alicyclic amines) is 1. The smallest absolute Gasteiger partial charge is 0.318 e. The largest absolute Gasteiger partial charge is 0.462 e. The zero-order chi connectivity index (χ0) is 24.9. The molecule has 2 bridgehead atoms. The van der Waals surface area contributed by atoms with Gasteiger partial charge in [-0.1, -0.05) is 24.3 Å². The fourth-order valence-electron chi connectivity index (χ4n) is 7.46. The van der Waals surface area contributed by atoms with Crippen LogP contribution in [0.1, 0.15) is 66.6 Å². The molecule has 5 atom stereocenters. The Balaban J connectivity index is 1.18. The van der Waals surface area contributed by atoms with Gasteiger partial charge in [-0.25, -0.2) is 0 Å². The molecular formula is C29H40N6O2. The number of ether oxygens (including phenoxy) is 2. The minimum atomic E-state index is 0.169. The van der Waals surface area contributed by atoms with Crippen molar-refractivity contribution in [3.8, 4) is 6.01 Å². The molecule has 8 nitrogen and oxygen atoms in total. The predicted octanol–water partition coefficient (Wildman–Crippen LogP) is 3.08. The van der Waals surface area contributed by atoms with Crippen molar-refractivity contribution < 1.29 is 9.47 Å². The molecule has 0 spiro atoms. The average molecular weight is 505 g/mol. The second-order valence-electron chi connectivity index (χ2n) is 11.7. The van der Waals surface area contributed by atoms with Gasteiger partial charge in [-0.2, -0.15) is 9.97 Å². The summed E-state index contributed by atoms with van der Waals surface area (Å²) in [7, 11) is 4.03. The summed E-state index contributed by atoms with van der Waals surface area (Å²) in [6.45, 7) is 5.72. The van der Waals surface area contributed by atoms with E-state index in [1.54, 1.807) is 0 Å². The zero-order valence-corrected chi connectivity index (χ0v) is 22.2. The van der Waals surface area contributed by atoms with Gasteiger partial charge < -0.3 is 24.6 Å². The van der Waals surface area contributed by atoms with Crippen LogP contribution in [0.5, 0.6) is 6.01 Å². The Kier molecular flexibility index (Phi) is 6.31. The third-order valence-electron chi connectivity index (χ3n) is 9.51. The van der Waals surface area contributed by atoms with Crippen molar-refractivity contribution in [1.82, 2.24) is 25.1 Å². The van der Waals surface area contributed by atoms with E-state index < -0.39 is 0 Å². The number of methoxy groups -OCH3 is 1. The lowest BCUT2D eigenvalue weighted by atomic mass is 10.00. The predicted molar refractivity (Wildman–Crippen MR) is 143 cm³/mol. The number of hydrogen-bond acceptors (Lipinski definition) is 8. The van der Waals surface area contributed by atoms with Crippen molar-refractivity contribution >= 4 is 5.82 Å². The number of likely N-dealkylation sites (N-methyl/N-ethyl adjacent to an activating group) is 1. The first-order valence-electron chi connectivity index (χ1n) is 14.3. The lowest BCUT2D eigenvalue weighted by Gasteiger charge is -2.38. The number of benzene rings is 1. The van der Waals surface area contributed by atoms with Crippen LogP contribution in [0.3, 0.4) is 0 Å². The quantitative estimate of drug-likeness (QED) is 0.644. The highest BCUT2D eigenvalue weighted by molar-refractivity contribution is 5.52. The maximum atomic E-state index is 6.33. The Morgan fingerprint density at radius 1 is 1.03 bits per heavy atom. The summed E-state index contributed by atoms with van der Waals surface area (Å²) in [5, 5.41) is 3.77. The number of nitrogens with zero attached hydrogens (tertiary/aromatic N) is 5. The van der Waals surface area contributed by atoms with Crippen molar-refractivity contribution in [1.29, 1.82) is 0 Å². The van der Waals surface area contributed by atoms with Crippen LogP contribution in [0.15, 0.2) is 24.3 Å². The van der Waals surface area contributed by atoms with Crippen molar-refractivity contribution in [3.05, 3.63) is 46.6 Å². The fraction of sp³-hybridized carbons (Fsp3) is 0.655. The molecule has 198 valence electrons. The molecular weight excluding hydrogens is 464 g/mol. The van der Waals surface area contributed by atoms with Gasteiger partial charge >= 0.3 is 6.01 Å². The molecule has 0 radical (unpaired) electrons. The van der Waals surface area contributed by atoms with Crippen molar-refractivity contribution in [3.63, 3.8) is 0 Å². The lowest BCUT2D eigenvalue weighted by Crippen LogP contribution is -2.52. The van der Waals surface area contributed by atoms with Crippen LogP contribution in [0.25, 0.3) is 0 Å². The molecule has 7 rings (SSSR count). The van der Waals surface area contributed by atoms with E-state index in [9.17, 15) is 0 Å². The van der Waals surface area contributed by atoms with Gasteiger partial charge in [-0.05, 0) is 63.2 Å². The molecule has 37 heavy (non-hydrogen) atoms. The lowest BCUT2D eigenvalue weighted by molar-refractivity contribution is 0.0732. The Morgan fingerprint density at radius 2 is 1.84 bits per heavy atom. The summed E-state index contributed by atoms with van der Waals surface area (Å²) in [6, 6.07) is 11.3. The number of anilines is 1. The number of aromatic nitrogens is 2. The minimum absolute atomic E-state index is 0.169. The molecule has 2 aromatic rings. The number of fused-ring (bicyclic) bond motifs is 4. The molecule has 0 amide bonds. The summed E-state index contributed by atoms with van der Waals surface area (Å²) < 4.78 is 12.2. The molecule has 1 aromatic carbocycles. The Bertz CT molecular complexity index is 1130. The van der Waals surface area contributed by atoms with E-state index in [2.05, 4.69) is 51.3 Å². The van der Waals surface area contributed by atoms with E-state index in [0.717, 1.165) is 57.1 Å². The van der Waals surface area contributed by atoms with Crippen LogP contribution in [-0.2, 0) is 17.7 Å². The summed E-state index contributed by atoms with van der Waals surface area (Å²) in [5.41, 5.74) is 5.23. The number of piperazine rings is 1. The van der Waals surface area contributed by atoms with Crippen LogP contribution in [-0.4, -0.2) is 84.8 Å². The first-order valence-corrected chi connectivity index (χ1v) is 14.3. The summed E-state index contributed by atoms with van der Waals surface area (Å²) in [6.07, 6.45) is 7.11. The van der Waals surface area contributed by atoms with Gasteiger partial charge in [0.25, 0.3) is 0 Å². The average Bonchev–Trinajstić information content (AvgIpc) is 3.62. The Labute approximate surface area is 220 Å². The van der Waals surface area contributed by atoms with Gasteiger partial charge in [0.15, 0.2) is 0 Å². The SMILES string of the molecule is COC1CC(N2CCc3c(nc(OC[C@@H]4CCCN4C)nc3N3CC4CCC(C3)N4)C2)c2ccccc21. The van der Waals surface area contributed by atoms with E-state index in [1.165, 1.54) is 42.4 Å².